The smallest absolute Gasteiger partial charge is 0.407 e. The summed E-state index contributed by atoms with van der Waals surface area (Å²) < 4.78 is 38.9. The van der Waals surface area contributed by atoms with Gasteiger partial charge in [-0.25, -0.2) is 13.8 Å². The molecule has 2 aromatic rings. The summed E-state index contributed by atoms with van der Waals surface area (Å²) in [7, 11) is -3.95. The van der Waals surface area contributed by atoms with Crippen molar-refractivity contribution in [2.45, 2.75) is 45.8 Å². The average Bonchev–Trinajstić information content (AvgIpc) is 3.01. The number of hydrogen-bond acceptors (Lipinski definition) is 6. The fraction of sp³-hybridized carbons (Fsp3) is 0.348. The molecule has 9 nitrogen and oxygen atoms in total. The van der Waals surface area contributed by atoms with Crippen LogP contribution in [-0.2, 0) is 28.0 Å². The van der Waals surface area contributed by atoms with Crippen LogP contribution in [0.5, 0.6) is 5.75 Å². The molecule has 10 heteroatoms. The van der Waals surface area contributed by atoms with E-state index < -0.39 is 27.8 Å². The Morgan fingerprint density at radius 3 is 2.48 bits per heavy atom. The number of aliphatic hydroxyl groups excluding tert-OH is 1. The Kier molecular flexibility index (Phi) is 7.37. The minimum Gasteiger partial charge on any atom is -0.493 e. The second-order valence-electron chi connectivity index (χ2n) is 8.53. The summed E-state index contributed by atoms with van der Waals surface area (Å²) in [6.45, 7) is 6.08. The lowest BCUT2D eigenvalue weighted by Gasteiger charge is -2.20. The Morgan fingerprint density at radius 1 is 1.12 bits per heavy atom. The quantitative estimate of drug-likeness (QED) is 0.501. The maximum Gasteiger partial charge on any atom is 0.407 e. The number of carbonyl (C=O) groups is 1. The third-order valence-corrected chi connectivity index (χ3v) is 5.83. The third kappa shape index (κ3) is 7.04. The number of nitrogens with zero attached hydrogens (tertiary/aromatic N) is 1. The van der Waals surface area contributed by atoms with E-state index in [1.54, 1.807) is 39.0 Å². The van der Waals surface area contributed by atoms with Gasteiger partial charge in [-0.3, -0.25) is 0 Å². The second-order valence-corrected chi connectivity index (χ2v) is 10.1. The summed E-state index contributed by atoms with van der Waals surface area (Å²) in [5.74, 6) is -0.117. The number of benzene rings is 2. The molecule has 0 radical (unpaired) electrons. The standard InChI is InChI=1S/C23H29N3O6S/c1-23(2,3)32-22(28)24-13-7-10-17-11-12-19(26-15-21(27)25-33(26,29)30)20(14-17)31-16-18-8-5-4-6-9-18/h4-6,8-9,11-12,14-15,25,27H,7,10,13,16H2,1-3H3,(H,24,28). The second kappa shape index (κ2) is 10.0. The van der Waals surface area contributed by atoms with E-state index >= 15 is 0 Å². The maximum atomic E-state index is 12.4. The summed E-state index contributed by atoms with van der Waals surface area (Å²) >= 11 is 0. The van der Waals surface area contributed by atoms with E-state index in [1.165, 1.54) is 0 Å². The van der Waals surface area contributed by atoms with Gasteiger partial charge in [0, 0.05) is 6.54 Å². The normalized spacial score (nSPS) is 14.9. The number of hydrogen-bond donors (Lipinski definition) is 3. The lowest BCUT2D eigenvalue weighted by atomic mass is 10.1. The summed E-state index contributed by atoms with van der Waals surface area (Å²) in [5, 5.41) is 12.4. The SMILES string of the molecule is CC(C)(C)OC(=O)NCCCc1ccc(N2C=C(O)NS2(=O)=O)c(OCc2ccccc2)c1. The molecule has 0 atom stereocenters. The first kappa shape index (κ1) is 24.2. The van der Waals surface area contributed by atoms with Crippen LogP contribution < -0.4 is 19.1 Å². The number of amides is 1. The van der Waals surface area contributed by atoms with Gasteiger partial charge in [-0.15, -0.1) is 0 Å². The van der Waals surface area contributed by atoms with Crippen LogP contribution in [0.1, 0.15) is 38.3 Å². The predicted molar refractivity (Wildman–Crippen MR) is 125 cm³/mol. The van der Waals surface area contributed by atoms with Crippen LogP contribution in [-0.4, -0.2) is 31.8 Å². The molecule has 0 saturated carbocycles. The summed E-state index contributed by atoms with van der Waals surface area (Å²) in [5.41, 5.74) is 1.55. The minimum absolute atomic E-state index is 0.245. The number of aliphatic hydroxyl groups is 1. The monoisotopic (exact) mass is 475 g/mol. The molecule has 0 unspecified atom stereocenters. The first-order valence-corrected chi connectivity index (χ1v) is 12.0. The molecule has 0 aromatic heterocycles. The lowest BCUT2D eigenvalue weighted by molar-refractivity contribution is 0.0527. The molecular formula is C23H29N3O6S. The van der Waals surface area contributed by atoms with Crippen LogP contribution >= 0.6 is 0 Å². The molecule has 0 bridgehead atoms. The molecule has 1 heterocycles. The van der Waals surface area contributed by atoms with Crippen LogP contribution in [0.25, 0.3) is 0 Å². The Morgan fingerprint density at radius 2 is 1.85 bits per heavy atom. The average molecular weight is 476 g/mol. The molecule has 0 fully saturated rings. The van der Waals surface area contributed by atoms with Crippen molar-refractivity contribution in [2.24, 2.45) is 0 Å². The molecule has 1 aliphatic rings. The fourth-order valence-corrected chi connectivity index (χ4v) is 4.20. The van der Waals surface area contributed by atoms with Crippen LogP contribution in [0.2, 0.25) is 0 Å². The molecule has 0 saturated heterocycles. The Bertz CT molecular complexity index is 1110. The zero-order valence-corrected chi connectivity index (χ0v) is 19.7. The molecule has 1 amide bonds. The van der Waals surface area contributed by atoms with Gasteiger partial charge in [-0.1, -0.05) is 36.4 Å². The van der Waals surface area contributed by atoms with E-state index in [9.17, 15) is 18.3 Å². The van der Waals surface area contributed by atoms with E-state index in [1.807, 2.05) is 35.1 Å². The third-order valence-electron chi connectivity index (χ3n) is 4.54. The number of alkyl carbamates (subject to hydrolysis) is 1. The highest BCUT2D eigenvalue weighted by atomic mass is 32.2. The Balaban J connectivity index is 1.71. The van der Waals surface area contributed by atoms with E-state index in [4.69, 9.17) is 9.47 Å². The van der Waals surface area contributed by atoms with Crippen molar-refractivity contribution in [1.82, 2.24) is 10.0 Å². The van der Waals surface area contributed by atoms with Gasteiger partial charge in [0.05, 0.1) is 6.20 Å². The summed E-state index contributed by atoms with van der Waals surface area (Å²) in [4.78, 5) is 11.8. The van der Waals surface area contributed by atoms with Crippen LogP contribution in [0, 0.1) is 0 Å². The number of anilines is 1. The van der Waals surface area contributed by atoms with Gasteiger partial charge in [0.15, 0.2) is 0 Å². The molecule has 2 aromatic carbocycles. The summed E-state index contributed by atoms with van der Waals surface area (Å²) in [6.07, 6.45) is 1.90. The van der Waals surface area contributed by atoms with E-state index in [2.05, 4.69) is 5.32 Å². The zero-order chi connectivity index (χ0) is 24.1. The van der Waals surface area contributed by atoms with Gasteiger partial charge >= 0.3 is 16.3 Å². The molecule has 1 aliphatic heterocycles. The largest absolute Gasteiger partial charge is 0.493 e. The van der Waals surface area contributed by atoms with Crippen LogP contribution in [0.3, 0.4) is 0 Å². The van der Waals surface area contributed by atoms with Gasteiger partial charge in [0.25, 0.3) is 0 Å². The topological polar surface area (TPSA) is 117 Å². The Labute approximate surface area is 194 Å². The molecule has 33 heavy (non-hydrogen) atoms. The van der Waals surface area contributed by atoms with Crippen molar-refractivity contribution < 1.29 is 27.8 Å². The van der Waals surface area contributed by atoms with Crippen LogP contribution in [0.4, 0.5) is 10.5 Å². The number of nitrogens with one attached hydrogen (secondary N) is 2. The van der Waals surface area contributed by atoms with Crippen molar-refractivity contribution in [3.8, 4) is 5.75 Å². The number of aryl methyl sites for hydroxylation is 1. The van der Waals surface area contributed by atoms with E-state index in [-0.39, 0.29) is 12.3 Å². The Hall–Kier alpha value is -3.40. The highest BCUT2D eigenvalue weighted by molar-refractivity contribution is 7.91. The molecule has 3 rings (SSSR count). The van der Waals surface area contributed by atoms with Gasteiger partial charge in [0.1, 0.15) is 23.6 Å². The maximum absolute atomic E-state index is 12.4. The van der Waals surface area contributed by atoms with Gasteiger partial charge in [-0.2, -0.15) is 8.42 Å². The van der Waals surface area contributed by atoms with Crippen molar-refractivity contribution >= 4 is 22.0 Å². The van der Waals surface area contributed by atoms with E-state index in [0.717, 1.165) is 21.6 Å². The predicted octanol–water partition coefficient (Wildman–Crippen LogP) is 3.73. The molecule has 0 aliphatic carbocycles. The minimum atomic E-state index is -3.95. The highest BCUT2D eigenvalue weighted by Gasteiger charge is 2.31. The van der Waals surface area contributed by atoms with Crippen molar-refractivity contribution in [3.63, 3.8) is 0 Å². The first-order chi connectivity index (χ1) is 15.5. The number of ether oxygens (including phenoxy) is 2. The van der Waals surface area contributed by atoms with Gasteiger partial charge in [-0.05, 0) is 56.9 Å². The summed E-state index contributed by atoms with van der Waals surface area (Å²) in [6, 6.07) is 14.7. The lowest BCUT2D eigenvalue weighted by Crippen LogP contribution is -2.33. The van der Waals surface area contributed by atoms with E-state index in [0.29, 0.717) is 25.1 Å². The highest BCUT2D eigenvalue weighted by Crippen LogP contribution is 2.34. The van der Waals surface area contributed by atoms with Crippen LogP contribution in [0.15, 0.2) is 60.6 Å². The zero-order valence-electron chi connectivity index (χ0n) is 18.9. The van der Waals surface area contributed by atoms with Gasteiger partial charge in [0.2, 0.25) is 5.88 Å². The van der Waals surface area contributed by atoms with Crippen molar-refractivity contribution in [2.75, 3.05) is 10.8 Å². The fourth-order valence-electron chi connectivity index (χ4n) is 3.13. The number of carbonyl (C=O) groups excluding carboxylic acids is 1. The molecule has 178 valence electrons. The van der Waals surface area contributed by atoms with Gasteiger partial charge < -0.3 is 19.9 Å². The molecular weight excluding hydrogens is 446 g/mol. The van der Waals surface area contributed by atoms with Crippen molar-refractivity contribution in [3.05, 3.63) is 71.7 Å². The van der Waals surface area contributed by atoms with Crippen molar-refractivity contribution in [1.29, 1.82) is 0 Å². The first-order valence-electron chi connectivity index (χ1n) is 10.5. The molecule has 0 spiro atoms. The molecule has 3 N–H and O–H groups in total. The number of rotatable bonds is 8.